The van der Waals surface area contributed by atoms with Crippen molar-refractivity contribution in [2.24, 2.45) is 17.8 Å². The van der Waals surface area contributed by atoms with Crippen LogP contribution in [0.2, 0.25) is 0 Å². The van der Waals surface area contributed by atoms with Crippen molar-refractivity contribution in [3.63, 3.8) is 0 Å². The SMILES string of the molecule is C[C@@H]1CC[C@@H]2C(=O)N(c3cccc(C(=O)OCC(=O)Nc4ccc(Oc5ccccc5)cc4)c3)C(=O)[C@@H]2C1. The zero-order valence-electron chi connectivity index (χ0n) is 21.0. The Morgan fingerprint density at radius 1 is 0.868 bits per heavy atom. The van der Waals surface area contributed by atoms with E-state index in [4.69, 9.17) is 9.47 Å². The standard InChI is InChI=1S/C30H28N2O6/c1-19-10-15-25-26(16-19)29(35)32(28(25)34)22-7-5-6-20(17-22)30(36)37-18-27(33)31-21-11-13-24(14-12-21)38-23-8-3-2-4-9-23/h2-9,11-14,17,19,25-26H,10,15-16,18H2,1H3,(H,31,33)/t19-,25+,26-/m1/s1. The Morgan fingerprint density at radius 3 is 2.34 bits per heavy atom. The van der Waals surface area contributed by atoms with Crippen molar-refractivity contribution in [1.29, 1.82) is 0 Å². The summed E-state index contributed by atoms with van der Waals surface area (Å²) in [6, 6.07) is 22.3. The van der Waals surface area contributed by atoms with E-state index in [1.54, 1.807) is 36.4 Å². The van der Waals surface area contributed by atoms with E-state index in [0.717, 1.165) is 6.42 Å². The first-order valence-electron chi connectivity index (χ1n) is 12.7. The number of nitrogens with one attached hydrogen (secondary N) is 1. The third-order valence-corrected chi connectivity index (χ3v) is 6.98. The van der Waals surface area contributed by atoms with Gasteiger partial charge < -0.3 is 14.8 Å². The van der Waals surface area contributed by atoms with E-state index in [1.807, 2.05) is 30.3 Å². The molecule has 3 aromatic carbocycles. The van der Waals surface area contributed by atoms with Gasteiger partial charge in [0.1, 0.15) is 11.5 Å². The monoisotopic (exact) mass is 512 g/mol. The van der Waals surface area contributed by atoms with Crippen LogP contribution in [0.4, 0.5) is 11.4 Å². The molecule has 0 aromatic heterocycles. The minimum Gasteiger partial charge on any atom is -0.457 e. The molecule has 2 fully saturated rings. The zero-order valence-corrected chi connectivity index (χ0v) is 21.0. The van der Waals surface area contributed by atoms with Crippen LogP contribution in [0.15, 0.2) is 78.9 Å². The number of ether oxygens (including phenoxy) is 2. The summed E-state index contributed by atoms with van der Waals surface area (Å²) in [6.45, 7) is 1.60. The second-order valence-electron chi connectivity index (χ2n) is 9.76. The predicted octanol–water partition coefficient (Wildman–Crippen LogP) is 5.20. The van der Waals surface area contributed by atoms with Crippen LogP contribution in [-0.2, 0) is 19.1 Å². The van der Waals surface area contributed by atoms with Crippen molar-refractivity contribution in [2.75, 3.05) is 16.8 Å². The van der Waals surface area contributed by atoms with Gasteiger partial charge in [0.25, 0.3) is 5.91 Å². The van der Waals surface area contributed by atoms with E-state index in [2.05, 4.69) is 12.2 Å². The first kappa shape index (κ1) is 25.2. The van der Waals surface area contributed by atoms with Gasteiger partial charge in [-0.15, -0.1) is 0 Å². The number of nitrogens with zero attached hydrogens (tertiary/aromatic N) is 1. The molecule has 3 amide bonds. The Hall–Kier alpha value is -4.46. The molecule has 0 radical (unpaired) electrons. The fourth-order valence-corrected chi connectivity index (χ4v) is 5.06. The Balaban J connectivity index is 1.16. The van der Waals surface area contributed by atoms with Crippen molar-refractivity contribution in [2.45, 2.75) is 26.2 Å². The highest BCUT2D eigenvalue weighted by Crippen LogP contribution is 2.42. The summed E-state index contributed by atoms with van der Waals surface area (Å²) in [5.41, 5.74) is 1.02. The van der Waals surface area contributed by atoms with Gasteiger partial charge >= 0.3 is 5.97 Å². The lowest BCUT2D eigenvalue weighted by Gasteiger charge is -2.25. The number of rotatable bonds is 7. The number of para-hydroxylation sites is 1. The number of fused-ring (bicyclic) bond motifs is 1. The van der Waals surface area contributed by atoms with E-state index in [-0.39, 0.29) is 29.2 Å². The van der Waals surface area contributed by atoms with Crippen LogP contribution >= 0.6 is 0 Å². The molecule has 8 heteroatoms. The topological polar surface area (TPSA) is 102 Å². The zero-order chi connectivity index (χ0) is 26.6. The average molecular weight is 513 g/mol. The average Bonchev–Trinajstić information content (AvgIpc) is 3.17. The van der Waals surface area contributed by atoms with Crippen molar-refractivity contribution >= 4 is 35.1 Å². The predicted molar refractivity (Wildman–Crippen MR) is 141 cm³/mol. The summed E-state index contributed by atoms with van der Waals surface area (Å²) in [5, 5.41) is 2.67. The van der Waals surface area contributed by atoms with Gasteiger partial charge in [-0.2, -0.15) is 0 Å². The largest absolute Gasteiger partial charge is 0.457 e. The third-order valence-electron chi connectivity index (χ3n) is 6.98. The molecule has 1 saturated carbocycles. The third kappa shape index (κ3) is 5.44. The lowest BCUT2D eigenvalue weighted by Crippen LogP contribution is -2.31. The van der Waals surface area contributed by atoms with Crippen LogP contribution in [0.3, 0.4) is 0 Å². The van der Waals surface area contributed by atoms with Gasteiger partial charge in [-0.25, -0.2) is 4.79 Å². The summed E-state index contributed by atoms with van der Waals surface area (Å²) in [7, 11) is 0. The molecule has 3 aromatic rings. The number of anilines is 2. The lowest BCUT2D eigenvalue weighted by molar-refractivity contribution is -0.122. The molecule has 3 atom stereocenters. The first-order valence-corrected chi connectivity index (χ1v) is 12.7. The molecule has 0 unspecified atom stereocenters. The Kier molecular flexibility index (Phi) is 7.22. The Labute approximate surface area is 220 Å². The number of carbonyl (C=O) groups excluding carboxylic acids is 4. The van der Waals surface area contributed by atoms with Gasteiger partial charge in [-0.05, 0) is 79.8 Å². The molecule has 38 heavy (non-hydrogen) atoms. The molecule has 1 N–H and O–H groups in total. The summed E-state index contributed by atoms with van der Waals surface area (Å²) < 4.78 is 10.9. The molecule has 2 aliphatic rings. The fourth-order valence-electron chi connectivity index (χ4n) is 5.06. The van der Waals surface area contributed by atoms with Crippen molar-refractivity contribution in [3.8, 4) is 11.5 Å². The molecule has 5 rings (SSSR count). The molecule has 1 aliphatic heterocycles. The van der Waals surface area contributed by atoms with Gasteiger partial charge in [0, 0.05) is 5.69 Å². The summed E-state index contributed by atoms with van der Waals surface area (Å²) >= 11 is 0. The van der Waals surface area contributed by atoms with Crippen molar-refractivity contribution < 1.29 is 28.7 Å². The molecule has 8 nitrogen and oxygen atoms in total. The molecule has 194 valence electrons. The molecule has 1 heterocycles. The number of hydrogen-bond acceptors (Lipinski definition) is 6. The van der Waals surface area contributed by atoms with Gasteiger partial charge in [0.05, 0.1) is 23.1 Å². The van der Waals surface area contributed by atoms with E-state index >= 15 is 0 Å². The number of esters is 1. The summed E-state index contributed by atoms with van der Waals surface area (Å²) in [5.74, 6) is -0.528. The van der Waals surface area contributed by atoms with Crippen molar-refractivity contribution in [3.05, 3.63) is 84.4 Å². The number of imide groups is 1. The maximum atomic E-state index is 13.0. The van der Waals surface area contributed by atoms with Crippen LogP contribution in [0.1, 0.15) is 36.5 Å². The number of hydrogen-bond donors (Lipinski definition) is 1. The van der Waals surface area contributed by atoms with E-state index in [1.165, 1.54) is 17.0 Å². The maximum absolute atomic E-state index is 13.0. The minimum absolute atomic E-state index is 0.154. The molecule has 1 saturated heterocycles. The smallest absolute Gasteiger partial charge is 0.338 e. The highest BCUT2D eigenvalue weighted by molar-refractivity contribution is 6.22. The highest BCUT2D eigenvalue weighted by atomic mass is 16.5. The number of amides is 3. The van der Waals surface area contributed by atoms with Gasteiger partial charge in [0.15, 0.2) is 6.61 Å². The molecular weight excluding hydrogens is 484 g/mol. The van der Waals surface area contributed by atoms with E-state index in [0.29, 0.717) is 41.6 Å². The molecule has 0 bridgehead atoms. The van der Waals surface area contributed by atoms with Crippen LogP contribution in [0, 0.1) is 17.8 Å². The van der Waals surface area contributed by atoms with Gasteiger partial charge in [-0.1, -0.05) is 31.2 Å². The second-order valence-corrected chi connectivity index (χ2v) is 9.76. The van der Waals surface area contributed by atoms with Crippen LogP contribution < -0.4 is 15.0 Å². The summed E-state index contributed by atoms with van der Waals surface area (Å²) in [4.78, 5) is 52.1. The number of carbonyl (C=O) groups is 4. The second kappa shape index (κ2) is 10.9. The lowest BCUT2D eigenvalue weighted by atomic mass is 9.76. The molecule has 1 aliphatic carbocycles. The Bertz CT molecular complexity index is 1350. The van der Waals surface area contributed by atoms with Crippen LogP contribution in [0.5, 0.6) is 11.5 Å². The molecular formula is C30H28N2O6. The fraction of sp³-hybridized carbons (Fsp3) is 0.267. The summed E-state index contributed by atoms with van der Waals surface area (Å²) in [6.07, 6.45) is 2.33. The maximum Gasteiger partial charge on any atom is 0.338 e. The quantitative estimate of drug-likeness (QED) is 0.345. The van der Waals surface area contributed by atoms with Gasteiger partial charge in [-0.3, -0.25) is 19.3 Å². The molecule has 0 spiro atoms. The minimum atomic E-state index is -0.723. The van der Waals surface area contributed by atoms with E-state index < -0.39 is 18.5 Å². The Morgan fingerprint density at radius 2 is 1.58 bits per heavy atom. The van der Waals surface area contributed by atoms with Gasteiger partial charge in [0.2, 0.25) is 11.8 Å². The first-order chi connectivity index (χ1) is 18.4. The van der Waals surface area contributed by atoms with Crippen LogP contribution in [0.25, 0.3) is 0 Å². The van der Waals surface area contributed by atoms with Crippen molar-refractivity contribution in [1.82, 2.24) is 0 Å². The van der Waals surface area contributed by atoms with E-state index in [9.17, 15) is 19.2 Å². The normalized spacial score (nSPS) is 20.6. The number of benzene rings is 3. The highest BCUT2D eigenvalue weighted by Gasteiger charge is 2.50. The van der Waals surface area contributed by atoms with Crippen LogP contribution in [-0.4, -0.2) is 30.3 Å².